The van der Waals surface area contributed by atoms with Crippen molar-refractivity contribution >= 4 is 23.5 Å². The van der Waals surface area contributed by atoms with Gasteiger partial charge >= 0.3 is 5.97 Å². The number of aryl methyl sites for hydroxylation is 1. The lowest BCUT2D eigenvalue weighted by Crippen LogP contribution is -2.77. The van der Waals surface area contributed by atoms with Gasteiger partial charge in [-0.2, -0.15) is 0 Å². The molecule has 1 saturated heterocycles. The number of carboxylic acid groups (broad SMARTS) is 1. The molecular weight excluding hydrogens is 462 g/mol. The molecule has 0 radical (unpaired) electrons. The molecule has 6 heteroatoms. The van der Waals surface area contributed by atoms with Crippen LogP contribution >= 0.6 is 11.6 Å². The van der Waals surface area contributed by atoms with Crippen LogP contribution in [0.4, 0.5) is 0 Å². The maximum atomic E-state index is 13.6. The number of aliphatic carboxylic acids is 1. The van der Waals surface area contributed by atoms with Gasteiger partial charge in [0.25, 0.3) is 0 Å². The Balaban J connectivity index is 1.51. The summed E-state index contributed by atoms with van der Waals surface area (Å²) in [6.07, 6.45) is 6.01. The zero-order chi connectivity index (χ0) is 25.6. The number of carboxylic acids is 1. The van der Waals surface area contributed by atoms with Crippen LogP contribution < -0.4 is 0 Å². The molecule has 5 aliphatic rings. The number of carbonyl (C=O) groups excluding carboxylic acids is 1. The third-order valence-electron chi connectivity index (χ3n) is 9.46. The standard InChI is InChI=1S/C29H38ClNO4/c1-18-21-13-31(28-14-27(15-28,16-28)24(33)34)23(32)12-29(21,17-35-26(18,5)6)20-8-7-19(22(30)11-20)9-10-25(2,3)4/h7-8,11,13,18H,9-10,12,14-17H2,1-6H3,(H,33,34)/t18?,27?,28?,29-/m1/s1. The van der Waals surface area contributed by atoms with E-state index < -0.39 is 16.8 Å². The predicted molar refractivity (Wildman–Crippen MR) is 136 cm³/mol. The van der Waals surface area contributed by atoms with Crippen molar-refractivity contribution in [1.29, 1.82) is 0 Å². The van der Waals surface area contributed by atoms with Crippen LogP contribution in [0.15, 0.2) is 30.0 Å². The number of amides is 1. The molecule has 6 rings (SSSR count). The number of ether oxygens (including phenoxy) is 1. The minimum Gasteiger partial charge on any atom is -0.481 e. The van der Waals surface area contributed by atoms with Crippen molar-refractivity contribution in [3.63, 3.8) is 0 Å². The highest BCUT2D eigenvalue weighted by atomic mass is 35.5. The molecule has 3 aliphatic carbocycles. The fourth-order valence-corrected chi connectivity index (χ4v) is 7.05. The van der Waals surface area contributed by atoms with Crippen molar-refractivity contribution in [2.45, 2.75) is 96.6 Å². The summed E-state index contributed by atoms with van der Waals surface area (Å²) < 4.78 is 6.40. The van der Waals surface area contributed by atoms with E-state index in [9.17, 15) is 14.7 Å². The van der Waals surface area contributed by atoms with E-state index in [2.05, 4.69) is 59.9 Å². The molecular formula is C29H38ClNO4. The Morgan fingerprint density at radius 2 is 1.89 bits per heavy atom. The Morgan fingerprint density at radius 1 is 1.23 bits per heavy atom. The molecule has 4 fully saturated rings. The third-order valence-corrected chi connectivity index (χ3v) is 9.81. The number of rotatable bonds is 5. The lowest BCUT2D eigenvalue weighted by atomic mass is 9.38. The second-order valence-corrected chi connectivity index (χ2v) is 13.8. The van der Waals surface area contributed by atoms with E-state index in [1.54, 1.807) is 0 Å². The summed E-state index contributed by atoms with van der Waals surface area (Å²) in [6.45, 7) is 13.5. The van der Waals surface area contributed by atoms with Gasteiger partial charge in [0.15, 0.2) is 0 Å². The third kappa shape index (κ3) is 3.68. The Labute approximate surface area is 213 Å². The predicted octanol–water partition coefficient (Wildman–Crippen LogP) is 6.12. The quantitative estimate of drug-likeness (QED) is 0.529. The van der Waals surface area contributed by atoms with Gasteiger partial charge in [-0.15, -0.1) is 0 Å². The Kier molecular flexibility index (Phi) is 5.38. The fraction of sp³-hybridized carbons (Fsp3) is 0.655. The van der Waals surface area contributed by atoms with E-state index >= 15 is 0 Å². The van der Waals surface area contributed by atoms with Crippen LogP contribution in [0.3, 0.4) is 0 Å². The van der Waals surface area contributed by atoms with E-state index in [1.165, 1.54) is 5.57 Å². The molecule has 5 nitrogen and oxygen atoms in total. The summed E-state index contributed by atoms with van der Waals surface area (Å²) in [4.78, 5) is 27.2. The van der Waals surface area contributed by atoms with Gasteiger partial charge in [0.1, 0.15) is 0 Å². The number of nitrogens with zero attached hydrogens (tertiary/aromatic N) is 1. The zero-order valence-corrected chi connectivity index (χ0v) is 22.6. The molecule has 1 N–H and O–H groups in total. The van der Waals surface area contributed by atoms with Crippen LogP contribution in [0.2, 0.25) is 5.02 Å². The van der Waals surface area contributed by atoms with E-state index in [1.807, 2.05) is 11.0 Å². The first kappa shape index (κ1) is 24.8. The summed E-state index contributed by atoms with van der Waals surface area (Å²) in [5, 5.41) is 10.3. The van der Waals surface area contributed by atoms with Crippen LogP contribution in [-0.2, 0) is 26.2 Å². The number of halogens is 1. The Bertz CT molecular complexity index is 1110. The normalized spacial score (nSPS) is 35.5. The molecule has 1 unspecified atom stereocenters. The fourth-order valence-electron chi connectivity index (χ4n) is 6.78. The minimum absolute atomic E-state index is 0.0517. The highest BCUT2D eigenvalue weighted by molar-refractivity contribution is 6.31. The van der Waals surface area contributed by atoms with E-state index in [0.29, 0.717) is 32.3 Å². The largest absolute Gasteiger partial charge is 0.481 e. The van der Waals surface area contributed by atoms with Crippen molar-refractivity contribution < 1.29 is 19.4 Å². The maximum absolute atomic E-state index is 13.6. The van der Waals surface area contributed by atoms with E-state index in [4.69, 9.17) is 16.3 Å². The maximum Gasteiger partial charge on any atom is 0.309 e. The topological polar surface area (TPSA) is 66.8 Å². The van der Waals surface area contributed by atoms with Gasteiger partial charge in [-0.25, -0.2) is 0 Å². The smallest absolute Gasteiger partial charge is 0.309 e. The van der Waals surface area contributed by atoms with Crippen LogP contribution in [0.1, 0.15) is 84.8 Å². The second-order valence-electron chi connectivity index (χ2n) is 13.4. The summed E-state index contributed by atoms with van der Waals surface area (Å²) >= 11 is 6.81. The SMILES string of the molecule is CC1C2=CN(C34CC(C(=O)O)(C3)C4)C(=O)C[C@]2(c2ccc(CCC(C)(C)C)c(Cl)c2)COC1(C)C. The van der Waals surface area contributed by atoms with Gasteiger partial charge < -0.3 is 14.7 Å². The number of fused-ring (bicyclic) bond motifs is 1. The molecule has 2 bridgehead atoms. The summed E-state index contributed by atoms with van der Waals surface area (Å²) in [7, 11) is 0. The first-order valence-corrected chi connectivity index (χ1v) is 13.2. The average molecular weight is 500 g/mol. The van der Waals surface area contributed by atoms with Gasteiger partial charge in [0.05, 0.1) is 28.6 Å². The van der Waals surface area contributed by atoms with Crippen LogP contribution in [-0.4, -0.2) is 39.6 Å². The lowest BCUT2D eigenvalue weighted by Gasteiger charge is -2.71. The zero-order valence-electron chi connectivity index (χ0n) is 21.8. The van der Waals surface area contributed by atoms with Crippen molar-refractivity contribution in [2.75, 3.05) is 6.61 Å². The van der Waals surface area contributed by atoms with Crippen LogP contribution in [0.25, 0.3) is 0 Å². The highest BCUT2D eigenvalue weighted by Gasteiger charge is 2.75. The molecule has 2 heterocycles. The van der Waals surface area contributed by atoms with Gasteiger partial charge in [-0.05, 0) is 74.1 Å². The minimum atomic E-state index is -0.729. The van der Waals surface area contributed by atoms with Crippen molar-refractivity contribution in [3.8, 4) is 0 Å². The molecule has 0 aromatic heterocycles. The number of hydrogen-bond acceptors (Lipinski definition) is 3. The Morgan fingerprint density at radius 3 is 2.46 bits per heavy atom. The molecule has 3 saturated carbocycles. The average Bonchev–Trinajstić information content (AvgIpc) is 2.68. The van der Waals surface area contributed by atoms with Gasteiger partial charge in [0.2, 0.25) is 5.91 Å². The van der Waals surface area contributed by atoms with Gasteiger partial charge in [0, 0.05) is 23.6 Å². The molecule has 2 atom stereocenters. The number of hydrogen-bond donors (Lipinski definition) is 1. The molecule has 1 amide bonds. The van der Waals surface area contributed by atoms with E-state index in [-0.39, 0.29) is 28.4 Å². The lowest BCUT2D eigenvalue weighted by molar-refractivity contribution is -0.225. The van der Waals surface area contributed by atoms with Crippen LogP contribution in [0.5, 0.6) is 0 Å². The van der Waals surface area contributed by atoms with Crippen LogP contribution in [0, 0.1) is 16.7 Å². The second kappa shape index (κ2) is 7.58. The molecule has 35 heavy (non-hydrogen) atoms. The van der Waals surface area contributed by atoms with Gasteiger partial charge in [-0.3, -0.25) is 9.59 Å². The number of benzene rings is 1. The molecule has 1 aromatic carbocycles. The number of carbonyl (C=O) groups is 2. The molecule has 2 aliphatic heterocycles. The van der Waals surface area contributed by atoms with Crippen molar-refractivity contribution in [2.24, 2.45) is 16.7 Å². The van der Waals surface area contributed by atoms with Gasteiger partial charge in [-0.1, -0.05) is 51.4 Å². The summed E-state index contributed by atoms with van der Waals surface area (Å²) in [5.74, 6) is -0.588. The first-order chi connectivity index (χ1) is 16.1. The highest BCUT2D eigenvalue weighted by Crippen LogP contribution is 2.71. The first-order valence-electron chi connectivity index (χ1n) is 12.8. The van der Waals surface area contributed by atoms with Crippen molar-refractivity contribution in [1.82, 2.24) is 4.90 Å². The molecule has 190 valence electrons. The summed E-state index contributed by atoms with van der Waals surface area (Å²) in [6, 6.07) is 6.30. The monoisotopic (exact) mass is 499 g/mol. The summed E-state index contributed by atoms with van der Waals surface area (Å²) in [5.41, 5.74) is 1.73. The van der Waals surface area contributed by atoms with E-state index in [0.717, 1.165) is 29.0 Å². The molecule has 1 aromatic rings. The molecule has 0 spiro atoms. The van der Waals surface area contributed by atoms with Crippen molar-refractivity contribution in [3.05, 3.63) is 46.1 Å². The Hall–Kier alpha value is -1.85.